The van der Waals surface area contributed by atoms with Gasteiger partial charge in [-0.3, -0.25) is 4.98 Å². The molecule has 1 aromatic heterocycles. The molecule has 1 N–H and O–H groups in total. The zero-order valence-electron chi connectivity index (χ0n) is 19.4. The van der Waals surface area contributed by atoms with Gasteiger partial charge in [-0.15, -0.1) is 0 Å². The van der Waals surface area contributed by atoms with Crippen molar-refractivity contribution in [2.24, 2.45) is 0 Å². The summed E-state index contributed by atoms with van der Waals surface area (Å²) in [5, 5.41) is 3.95. The Labute approximate surface area is 196 Å². The Bertz CT molecular complexity index is 1030. The molecule has 0 aliphatic rings. The molecular formula is C26H31N3O2S. The lowest BCUT2D eigenvalue weighted by Crippen LogP contribution is -2.34. The topological polar surface area (TPSA) is 46.6 Å². The van der Waals surface area contributed by atoms with E-state index in [1.165, 1.54) is 11.1 Å². The number of methoxy groups -OCH3 is 2. The highest BCUT2D eigenvalue weighted by atomic mass is 32.1. The Hall–Kier alpha value is -3.12. The first-order chi connectivity index (χ1) is 15.3. The minimum absolute atomic E-state index is 0.121. The summed E-state index contributed by atoms with van der Waals surface area (Å²) in [5.41, 5.74) is 4.49. The SMILES string of the molecule is COc1ccc(NC(=S)N(Cc2ccc(C(C)(C)C)cc2)Cc2cccnc2)c(OC)c1. The van der Waals surface area contributed by atoms with E-state index in [1.807, 2.05) is 30.5 Å². The number of benzene rings is 2. The summed E-state index contributed by atoms with van der Waals surface area (Å²) in [6.07, 6.45) is 3.64. The lowest BCUT2D eigenvalue weighted by atomic mass is 9.87. The van der Waals surface area contributed by atoms with E-state index < -0.39 is 0 Å². The van der Waals surface area contributed by atoms with Crippen LogP contribution in [0.1, 0.15) is 37.5 Å². The summed E-state index contributed by atoms with van der Waals surface area (Å²) < 4.78 is 10.8. The molecule has 32 heavy (non-hydrogen) atoms. The van der Waals surface area contributed by atoms with Crippen LogP contribution in [0, 0.1) is 0 Å². The highest BCUT2D eigenvalue weighted by Gasteiger charge is 2.16. The summed E-state index contributed by atoms with van der Waals surface area (Å²) in [7, 11) is 3.26. The number of rotatable bonds is 7. The molecule has 2 aromatic carbocycles. The van der Waals surface area contributed by atoms with Crippen LogP contribution in [0.4, 0.5) is 5.69 Å². The van der Waals surface area contributed by atoms with Gasteiger partial charge in [0.2, 0.25) is 0 Å². The molecule has 3 rings (SSSR count). The summed E-state index contributed by atoms with van der Waals surface area (Å²) in [4.78, 5) is 6.38. The predicted octanol–water partition coefficient (Wildman–Crippen LogP) is 5.80. The van der Waals surface area contributed by atoms with E-state index in [0.717, 1.165) is 17.0 Å². The molecule has 0 aliphatic carbocycles. The second-order valence-corrected chi connectivity index (χ2v) is 9.05. The third-order valence-electron chi connectivity index (χ3n) is 5.23. The zero-order chi connectivity index (χ0) is 23.1. The zero-order valence-corrected chi connectivity index (χ0v) is 20.2. The summed E-state index contributed by atoms with van der Waals surface area (Å²) >= 11 is 5.82. The smallest absolute Gasteiger partial charge is 0.174 e. The normalized spacial score (nSPS) is 11.0. The molecule has 1 heterocycles. The average molecular weight is 450 g/mol. The first kappa shape index (κ1) is 23.5. The fourth-order valence-corrected chi connectivity index (χ4v) is 3.58. The summed E-state index contributed by atoms with van der Waals surface area (Å²) in [6, 6.07) is 18.4. The van der Waals surface area contributed by atoms with Gasteiger partial charge in [0.1, 0.15) is 11.5 Å². The van der Waals surface area contributed by atoms with Crippen LogP contribution >= 0.6 is 12.2 Å². The highest BCUT2D eigenvalue weighted by molar-refractivity contribution is 7.80. The van der Waals surface area contributed by atoms with Gasteiger partial charge in [-0.1, -0.05) is 51.1 Å². The molecule has 0 atom stereocenters. The number of pyridine rings is 1. The maximum Gasteiger partial charge on any atom is 0.174 e. The standard InChI is InChI=1S/C26H31N3O2S/c1-26(2,3)21-10-8-19(9-11-21)17-29(18-20-7-6-14-27-16-20)25(32)28-23-13-12-22(30-4)15-24(23)31-5/h6-16H,17-18H2,1-5H3,(H,28,32). The van der Waals surface area contributed by atoms with E-state index in [2.05, 4.69) is 66.3 Å². The van der Waals surface area contributed by atoms with Gasteiger partial charge in [0.25, 0.3) is 0 Å². The van der Waals surface area contributed by atoms with Gasteiger partial charge in [-0.05, 0) is 52.5 Å². The van der Waals surface area contributed by atoms with Crippen LogP contribution in [0.2, 0.25) is 0 Å². The molecule has 0 unspecified atom stereocenters. The summed E-state index contributed by atoms with van der Waals surface area (Å²) in [5.74, 6) is 1.40. The van der Waals surface area contributed by atoms with Crippen molar-refractivity contribution in [2.75, 3.05) is 19.5 Å². The van der Waals surface area contributed by atoms with Crippen molar-refractivity contribution >= 4 is 23.0 Å². The third kappa shape index (κ3) is 6.20. The largest absolute Gasteiger partial charge is 0.497 e. The number of thiocarbonyl (C=S) groups is 1. The van der Waals surface area contributed by atoms with E-state index in [4.69, 9.17) is 21.7 Å². The Balaban J connectivity index is 1.83. The Morgan fingerprint density at radius 1 is 0.969 bits per heavy atom. The lowest BCUT2D eigenvalue weighted by Gasteiger charge is -2.27. The fraction of sp³-hybridized carbons (Fsp3) is 0.308. The van der Waals surface area contributed by atoms with Crippen molar-refractivity contribution in [2.45, 2.75) is 39.3 Å². The van der Waals surface area contributed by atoms with Gasteiger partial charge >= 0.3 is 0 Å². The Morgan fingerprint density at radius 2 is 1.69 bits per heavy atom. The minimum atomic E-state index is 0.121. The molecule has 3 aromatic rings. The van der Waals surface area contributed by atoms with Gasteiger partial charge in [-0.2, -0.15) is 0 Å². The molecule has 0 bridgehead atoms. The second kappa shape index (κ2) is 10.5. The quantitative estimate of drug-likeness (QED) is 0.460. The summed E-state index contributed by atoms with van der Waals surface area (Å²) in [6.45, 7) is 7.97. The molecule has 0 spiro atoms. The van der Waals surface area contributed by atoms with Crippen molar-refractivity contribution in [3.05, 3.63) is 83.7 Å². The number of hydrogen-bond acceptors (Lipinski definition) is 4. The Morgan fingerprint density at radius 3 is 2.28 bits per heavy atom. The molecule has 0 fully saturated rings. The van der Waals surface area contributed by atoms with Gasteiger partial charge in [-0.25, -0.2) is 0 Å². The van der Waals surface area contributed by atoms with E-state index in [9.17, 15) is 0 Å². The van der Waals surface area contributed by atoms with Gasteiger partial charge in [0.05, 0.1) is 19.9 Å². The third-order valence-corrected chi connectivity index (χ3v) is 5.59. The molecule has 5 nitrogen and oxygen atoms in total. The first-order valence-electron chi connectivity index (χ1n) is 10.6. The van der Waals surface area contributed by atoms with Gasteiger partial charge < -0.3 is 19.7 Å². The monoisotopic (exact) mass is 449 g/mol. The fourth-order valence-electron chi connectivity index (χ4n) is 3.34. The van der Waals surface area contributed by atoms with Crippen LogP contribution in [-0.2, 0) is 18.5 Å². The average Bonchev–Trinajstić information content (AvgIpc) is 2.79. The van der Waals surface area contributed by atoms with Gasteiger partial charge in [0, 0.05) is 31.5 Å². The molecule has 6 heteroatoms. The number of anilines is 1. The molecule has 0 amide bonds. The predicted molar refractivity (Wildman–Crippen MR) is 134 cm³/mol. The van der Waals surface area contributed by atoms with Crippen LogP contribution < -0.4 is 14.8 Å². The van der Waals surface area contributed by atoms with Gasteiger partial charge in [0.15, 0.2) is 5.11 Å². The minimum Gasteiger partial charge on any atom is -0.497 e. The van der Waals surface area contributed by atoms with Crippen molar-refractivity contribution in [3.8, 4) is 11.5 Å². The number of nitrogens with zero attached hydrogens (tertiary/aromatic N) is 2. The number of nitrogens with one attached hydrogen (secondary N) is 1. The number of ether oxygens (including phenoxy) is 2. The van der Waals surface area contributed by atoms with Crippen molar-refractivity contribution in [1.82, 2.24) is 9.88 Å². The number of aromatic nitrogens is 1. The molecule has 168 valence electrons. The van der Waals surface area contributed by atoms with Crippen molar-refractivity contribution in [1.29, 1.82) is 0 Å². The van der Waals surface area contributed by atoms with Crippen LogP contribution in [0.3, 0.4) is 0 Å². The molecule has 0 saturated heterocycles. The maximum absolute atomic E-state index is 5.82. The lowest BCUT2D eigenvalue weighted by molar-refractivity contribution is 0.394. The molecular weight excluding hydrogens is 418 g/mol. The van der Waals surface area contributed by atoms with E-state index in [-0.39, 0.29) is 5.41 Å². The van der Waals surface area contributed by atoms with Crippen LogP contribution in [-0.4, -0.2) is 29.2 Å². The van der Waals surface area contributed by atoms with Crippen LogP contribution in [0.25, 0.3) is 0 Å². The van der Waals surface area contributed by atoms with Crippen molar-refractivity contribution < 1.29 is 9.47 Å². The number of hydrogen-bond donors (Lipinski definition) is 1. The van der Waals surface area contributed by atoms with Crippen LogP contribution in [0.15, 0.2) is 67.0 Å². The maximum atomic E-state index is 5.82. The van der Waals surface area contributed by atoms with E-state index in [1.54, 1.807) is 20.4 Å². The molecule has 0 aliphatic heterocycles. The second-order valence-electron chi connectivity index (χ2n) is 8.66. The van der Waals surface area contributed by atoms with E-state index >= 15 is 0 Å². The Kier molecular flexibility index (Phi) is 7.70. The van der Waals surface area contributed by atoms with E-state index in [0.29, 0.717) is 24.0 Å². The first-order valence-corrected chi connectivity index (χ1v) is 11.0. The molecule has 0 saturated carbocycles. The van der Waals surface area contributed by atoms with Crippen molar-refractivity contribution in [3.63, 3.8) is 0 Å². The van der Waals surface area contributed by atoms with Crippen LogP contribution in [0.5, 0.6) is 11.5 Å². The highest BCUT2D eigenvalue weighted by Crippen LogP contribution is 2.29. The molecule has 0 radical (unpaired) electrons.